The maximum atomic E-state index is 12.2. The summed E-state index contributed by atoms with van der Waals surface area (Å²) in [5.74, 6) is 1.06. The van der Waals surface area contributed by atoms with Gasteiger partial charge in [-0.15, -0.1) is 0 Å². The van der Waals surface area contributed by atoms with Crippen LogP contribution in [0.1, 0.15) is 55.2 Å². The number of rotatable bonds is 9. The molecule has 1 saturated heterocycles. The van der Waals surface area contributed by atoms with E-state index in [1.165, 1.54) is 12.8 Å². The van der Waals surface area contributed by atoms with Gasteiger partial charge in [-0.05, 0) is 73.2 Å². The number of hydrogen-bond acceptors (Lipinski definition) is 6. The number of methoxy groups -OCH3 is 2. The van der Waals surface area contributed by atoms with Crippen LogP contribution in [0.5, 0.6) is 17.2 Å². The first-order valence-electron chi connectivity index (χ1n) is 12.3. The summed E-state index contributed by atoms with van der Waals surface area (Å²) in [6, 6.07) is 7.86. The Morgan fingerprint density at radius 2 is 1.66 bits per heavy atom. The first kappa shape index (κ1) is 25.3. The second kappa shape index (κ2) is 10.9. The summed E-state index contributed by atoms with van der Waals surface area (Å²) < 4.78 is 29.2. The second-order valence-electron chi connectivity index (χ2n) is 9.51. The number of carboxylic acids is 1. The van der Waals surface area contributed by atoms with E-state index in [0.717, 1.165) is 52.2 Å². The minimum absolute atomic E-state index is 0.246. The van der Waals surface area contributed by atoms with E-state index in [1.54, 1.807) is 14.2 Å². The lowest BCUT2D eigenvalue weighted by atomic mass is 9.92. The van der Waals surface area contributed by atoms with Gasteiger partial charge in [0.1, 0.15) is 17.2 Å². The fourth-order valence-corrected chi connectivity index (χ4v) is 5.19. The van der Waals surface area contributed by atoms with E-state index in [-0.39, 0.29) is 6.10 Å². The number of aryl methyl sites for hydroxylation is 1. The van der Waals surface area contributed by atoms with Crippen molar-refractivity contribution in [2.75, 3.05) is 27.4 Å². The highest BCUT2D eigenvalue weighted by Crippen LogP contribution is 2.40. The Bertz CT molecular complexity index is 1020. The van der Waals surface area contributed by atoms with Crippen LogP contribution in [0.3, 0.4) is 0 Å². The third-order valence-corrected chi connectivity index (χ3v) is 7.21. The molecule has 0 amide bonds. The fraction of sp³-hybridized carbons (Fsp3) is 0.536. The van der Waals surface area contributed by atoms with E-state index in [9.17, 15) is 9.90 Å². The number of carboxylic acid groups (broad SMARTS) is 1. The van der Waals surface area contributed by atoms with Crippen molar-refractivity contribution in [3.63, 3.8) is 0 Å². The zero-order valence-corrected chi connectivity index (χ0v) is 21.1. The number of ether oxygens (including phenoxy) is 5. The van der Waals surface area contributed by atoms with Crippen molar-refractivity contribution in [1.29, 1.82) is 0 Å². The highest BCUT2D eigenvalue weighted by Gasteiger charge is 2.43. The molecule has 1 saturated carbocycles. The van der Waals surface area contributed by atoms with Gasteiger partial charge in [0.25, 0.3) is 0 Å². The van der Waals surface area contributed by atoms with E-state index in [2.05, 4.69) is 0 Å². The molecule has 4 rings (SSSR count). The van der Waals surface area contributed by atoms with Crippen LogP contribution in [-0.4, -0.2) is 50.2 Å². The van der Waals surface area contributed by atoms with E-state index in [4.69, 9.17) is 23.7 Å². The van der Waals surface area contributed by atoms with Crippen LogP contribution < -0.4 is 14.2 Å². The van der Waals surface area contributed by atoms with E-state index >= 15 is 0 Å². The molecule has 2 aromatic carbocycles. The number of aliphatic carboxylic acids is 1. The van der Waals surface area contributed by atoms with Gasteiger partial charge in [-0.25, -0.2) is 4.79 Å². The fourth-order valence-electron chi connectivity index (χ4n) is 5.19. The Labute approximate surface area is 207 Å². The maximum Gasteiger partial charge on any atom is 0.348 e. The van der Waals surface area contributed by atoms with Crippen molar-refractivity contribution in [2.24, 2.45) is 0 Å². The third kappa shape index (κ3) is 5.41. The first-order chi connectivity index (χ1) is 16.9. The van der Waals surface area contributed by atoms with Crippen LogP contribution >= 0.6 is 0 Å². The van der Waals surface area contributed by atoms with Gasteiger partial charge < -0.3 is 28.8 Å². The van der Waals surface area contributed by atoms with Crippen LogP contribution in [-0.2, 0) is 20.9 Å². The van der Waals surface area contributed by atoms with Gasteiger partial charge in [0.2, 0.25) is 5.60 Å². The standard InChI is InChI=1S/C28H36O7/c1-18-13-23(35-28(27(29)30)9-11-33-12-10-28)14-21(17-34-22-7-5-6-8-22)26(18)20-15-24(31-3)19(2)25(16-20)32-4/h13-16,22H,5-12,17H2,1-4H3,(H,29,30). The summed E-state index contributed by atoms with van der Waals surface area (Å²) in [5, 5.41) is 9.98. The zero-order chi connectivity index (χ0) is 25.0. The van der Waals surface area contributed by atoms with E-state index in [1.807, 2.05) is 38.1 Å². The molecule has 190 valence electrons. The van der Waals surface area contributed by atoms with Gasteiger partial charge in [-0.2, -0.15) is 0 Å². The molecule has 0 unspecified atom stereocenters. The van der Waals surface area contributed by atoms with Crippen LogP contribution in [0.25, 0.3) is 11.1 Å². The minimum atomic E-state index is -1.29. The zero-order valence-electron chi connectivity index (χ0n) is 21.1. The molecule has 1 heterocycles. The SMILES string of the molecule is COc1cc(-c2c(C)cc(OC3(C(=O)O)CCOCC3)cc2COC2CCCC2)cc(OC)c1C. The molecule has 1 aliphatic heterocycles. The van der Waals surface area contributed by atoms with Gasteiger partial charge in [0, 0.05) is 18.4 Å². The van der Waals surface area contributed by atoms with Crippen LogP contribution in [0, 0.1) is 13.8 Å². The lowest BCUT2D eigenvalue weighted by Crippen LogP contribution is -2.49. The second-order valence-corrected chi connectivity index (χ2v) is 9.51. The van der Waals surface area contributed by atoms with Crippen molar-refractivity contribution < 1.29 is 33.6 Å². The Kier molecular flexibility index (Phi) is 7.87. The van der Waals surface area contributed by atoms with Crippen molar-refractivity contribution >= 4 is 5.97 Å². The van der Waals surface area contributed by atoms with Gasteiger partial charge >= 0.3 is 5.97 Å². The normalized spacial score (nSPS) is 17.8. The van der Waals surface area contributed by atoms with Gasteiger partial charge in [-0.1, -0.05) is 12.8 Å². The van der Waals surface area contributed by atoms with Crippen molar-refractivity contribution in [3.05, 3.63) is 41.0 Å². The predicted octanol–water partition coefficient (Wildman–Crippen LogP) is 5.46. The lowest BCUT2D eigenvalue weighted by Gasteiger charge is -2.34. The molecule has 0 bridgehead atoms. The average molecular weight is 485 g/mol. The summed E-state index contributed by atoms with van der Waals surface area (Å²) in [6.07, 6.45) is 5.38. The largest absolute Gasteiger partial charge is 0.496 e. The lowest BCUT2D eigenvalue weighted by molar-refractivity contribution is -0.163. The predicted molar refractivity (Wildman–Crippen MR) is 133 cm³/mol. The molecule has 0 spiro atoms. The Balaban J connectivity index is 1.76. The minimum Gasteiger partial charge on any atom is -0.496 e. The number of benzene rings is 2. The topological polar surface area (TPSA) is 83.5 Å². The molecular weight excluding hydrogens is 448 g/mol. The van der Waals surface area contributed by atoms with E-state index in [0.29, 0.717) is 38.4 Å². The molecular formula is C28H36O7. The molecule has 0 radical (unpaired) electrons. The maximum absolute atomic E-state index is 12.2. The molecule has 7 nitrogen and oxygen atoms in total. The molecule has 0 atom stereocenters. The molecule has 35 heavy (non-hydrogen) atoms. The summed E-state index contributed by atoms with van der Waals surface area (Å²) in [6.45, 7) is 5.12. The monoisotopic (exact) mass is 484 g/mol. The van der Waals surface area contributed by atoms with Crippen LogP contribution in [0.2, 0.25) is 0 Å². The van der Waals surface area contributed by atoms with Gasteiger partial charge in [0.15, 0.2) is 0 Å². The summed E-state index contributed by atoms with van der Waals surface area (Å²) in [7, 11) is 3.30. The van der Waals surface area contributed by atoms with Crippen LogP contribution in [0.15, 0.2) is 24.3 Å². The highest BCUT2D eigenvalue weighted by atomic mass is 16.5. The first-order valence-corrected chi connectivity index (χ1v) is 12.3. The Morgan fingerprint density at radius 1 is 1.03 bits per heavy atom. The van der Waals surface area contributed by atoms with Crippen LogP contribution in [0.4, 0.5) is 0 Å². The Morgan fingerprint density at radius 3 is 2.23 bits per heavy atom. The third-order valence-electron chi connectivity index (χ3n) is 7.21. The van der Waals surface area contributed by atoms with Crippen molar-refractivity contribution in [1.82, 2.24) is 0 Å². The molecule has 2 aliphatic rings. The quantitative estimate of drug-likeness (QED) is 0.506. The van der Waals surface area contributed by atoms with Crippen molar-refractivity contribution in [2.45, 2.75) is 70.7 Å². The number of hydrogen-bond donors (Lipinski definition) is 1. The molecule has 0 aromatic heterocycles. The molecule has 7 heteroatoms. The smallest absolute Gasteiger partial charge is 0.348 e. The van der Waals surface area contributed by atoms with Gasteiger partial charge in [-0.3, -0.25) is 0 Å². The van der Waals surface area contributed by atoms with Gasteiger partial charge in [0.05, 0.1) is 40.1 Å². The highest BCUT2D eigenvalue weighted by molar-refractivity contribution is 5.79. The molecule has 2 fully saturated rings. The van der Waals surface area contributed by atoms with E-state index < -0.39 is 11.6 Å². The molecule has 2 aromatic rings. The summed E-state index contributed by atoms with van der Waals surface area (Å²) >= 11 is 0. The van der Waals surface area contributed by atoms with Crippen molar-refractivity contribution in [3.8, 4) is 28.4 Å². The summed E-state index contributed by atoms with van der Waals surface area (Å²) in [5.41, 5.74) is 3.54. The molecule has 1 aliphatic carbocycles. The number of carbonyl (C=O) groups is 1. The summed E-state index contributed by atoms with van der Waals surface area (Å²) in [4.78, 5) is 12.2. The molecule has 1 N–H and O–H groups in total. The average Bonchev–Trinajstić information content (AvgIpc) is 3.37. The Hall–Kier alpha value is -2.77.